The van der Waals surface area contributed by atoms with E-state index in [1.807, 2.05) is 6.92 Å². The van der Waals surface area contributed by atoms with Gasteiger partial charge in [0, 0.05) is 30.7 Å². The third kappa shape index (κ3) is 6.89. The van der Waals surface area contributed by atoms with Gasteiger partial charge in [-0.3, -0.25) is 4.99 Å². The Morgan fingerprint density at radius 2 is 2.05 bits per heavy atom. The highest BCUT2D eigenvalue weighted by Crippen LogP contribution is 2.23. The van der Waals surface area contributed by atoms with Gasteiger partial charge in [-0.1, -0.05) is 17.7 Å². The van der Waals surface area contributed by atoms with Crippen molar-refractivity contribution in [1.82, 2.24) is 10.6 Å². The number of nitrogens with zero attached hydrogens (tertiary/aromatic N) is 1. The average Bonchev–Trinajstić information content (AvgIpc) is 2.43. The molecule has 0 fully saturated rings. The van der Waals surface area contributed by atoms with Crippen LogP contribution >= 0.6 is 11.6 Å². The van der Waals surface area contributed by atoms with Crippen molar-refractivity contribution >= 4 is 17.6 Å². The first-order valence-electron chi connectivity index (χ1n) is 6.78. The lowest BCUT2D eigenvalue weighted by Gasteiger charge is -2.15. The van der Waals surface area contributed by atoms with Crippen LogP contribution in [0.5, 0.6) is 5.75 Å². The molecule has 1 aromatic carbocycles. The highest BCUT2D eigenvalue weighted by atomic mass is 35.5. The summed E-state index contributed by atoms with van der Waals surface area (Å²) < 4.78 is 41.8. The fraction of sp³-hybridized carbons (Fsp3) is 0.500. The van der Waals surface area contributed by atoms with Gasteiger partial charge in [0.05, 0.1) is 13.0 Å². The molecule has 1 rings (SSSR count). The minimum Gasteiger partial charge on any atom is -0.493 e. The van der Waals surface area contributed by atoms with Gasteiger partial charge in [0.1, 0.15) is 5.75 Å². The third-order valence-electron chi connectivity index (χ3n) is 2.70. The van der Waals surface area contributed by atoms with Crippen molar-refractivity contribution in [3.63, 3.8) is 0 Å². The quantitative estimate of drug-likeness (QED) is 0.618. The Morgan fingerprint density at radius 3 is 2.64 bits per heavy atom. The number of hydrogen-bond acceptors (Lipinski definition) is 2. The zero-order valence-corrected chi connectivity index (χ0v) is 13.2. The Hall–Kier alpha value is -1.63. The minimum atomic E-state index is -4.19. The second kappa shape index (κ2) is 8.73. The molecule has 22 heavy (non-hydrogen) atoms. The fourth-order valence-electron chi connectivity index (χ4n) is 1.69. The second-order valence-corrected chi connectivity index (χ2v) is 4.84. The van der Waals surface area contributed by atoms with Gasteiger partial charge in [0.2, 0.25) is 0 Å². The van der Waals surface area contributed by atoms with Gasteiger partial charge in [-0.15, -0.1) is 0 Å². The summed E-state index contributed by atoms with van der Waals surface area (Å²) in [7, 11) is 1.49. The number of alkyl halides is 3. The summed E-state index contributed by atoms with van der Waals surface area (Å²) >= 11 is 5.91. The molecule has 0 saturated carbocycles. The molecule has 0 unspecified atom stereocenters. The van der Waals surface area contributed by atoms with E-state index in [0.717, 1.165) is 5.56 Å². The number of ether oxygens (including phenoxy) is 1. The lowest BCUT2D eigenvalue weighted by Crippen LogP contribution is -2.38. The third-order valence-corrected chi connectivity index (χ3v) is 2.93. The van der Waals surface area contributed by atoms with Crippen LogP contribution in [0.2, 0.25) is 5.02 Å². The summed E-state index contributed by atoms with van der Waals surface area (Å²) in [6.07, 6.45) is -5.11. The van der Waals surface area contributed by atoms with Gasteiger partial charge in [-0.2, -0.15) is 13.2 Å². The topological polar surface area (TPSA) is 45.6 Å². The van der Waals surface area contributed by atoms with Crippen molar-refractivity contribution in [2.75, 3.05) is 20.2 Å². The standard InChI is InChI=1S/C14H19ClF3N3O/c1-3-22-12-8-11(15)5-4-10(12)9-21-13(19-2)20-7-6-14(16,17)18/h4-5,8H,3,6-7,9H2,1-2H3,(H2,19,20,21). The van der Waals surface area contributed by atoms with Crippen molar-refractivity contribution in [3.8, 4) is 5.75 Å². The molecule has 0 bridgehead atoms. The highest BCUT2D eigenvalue weighted by molar-refractivity contribution is 6.30. The smallest absolute Gasteiger partial charge is 0.390 e. The van der Waals surface area contributed by atoms with Gasteiger partial charge in [0.25, 0.3) is 0 Å². The summed E-state index contributed by atoms with van der Waals surface area (Å²) in [4.78, 5) is 3.88. The van der Waals surface area contributed by atoms with E-state index in [1.54, 1.807) is 18.2 Å². The molecule has 124 valence electrons. The molecule has 0 spiro atoms. The van der Waals surface area contributed by atoms with Gasteiger partial charge in [-0.25, -0.2) is 0 Å². The maximum Gasteiger partial charge on any atom is 0.390 e. The van der Waals surface area contributed by atoms with Crippen LogP contribution in [0.15, 0.2) is 23.2 Å². The van der Waals surface area contributed by atoms with Gasteiger partial charge >= 0.3 is 6.18 Å². The van der Waals surface area contributed by atoms with Gasteiger partial charge < -0.3 is 15.4 Å². The minimum absolute atomic E-state index is 0.234. The number of benzene rings is 1. The lowest BCUT2D eigenvalue weighted by molar-refractivity contribution is -0.132. The molecule has 1 aromatic rings. The van der Waals surface area contributed by atoms with Crippen LogP contribution < -0.4 is 15.4 Å². The van der Waals surface area contributed by atoms with Crippen LogP contribution in [0, 0.1) is 0 Å². The largest absolute Gasteiger partial charge is 0.493 e. The van der Waals surface area contributed by atoms with Gasteiger partial charge in [0.15, 0.2) is 5.96 Å². The molecule has 0 aliphatic carbocycles. The Kier molecular flexibility index (Phi) is 7.31. The van der Waals surface area contributed by atoms with E-state index in [9.17, 15) is 13.2 Å². The maximum absolute atomic E-state index is 12.1. The van der Waals surface area contributed by atoms with Crippen molar-refractivity contribution in [3.05, 3.63) is 28.8 Å². The number of hydrogen-bond donors (Lipinski definition) is 2. The summed E-state index contributed by atoms with van der Waals surface area (Å²) in [5, 5.41) is 6.11. The molecule has 0 atom stereocenters. The summed E-state index contributed by atoms with van der Waals surface area (Å²) in [6.45, 7) is 2.47. The Labute approximate surface area is 132 Å². The molecule has 8 heteroatoms. The molecular formula is C14H19ClF3N3O. The van der Waals surface area contributed by atoms with E-state index in [-0.39, 0.29) is 6.54 Å². The first kappa shape index (κ1) is 18.4. The SMILES string of the molecule is CCOc1cc(Cl)ccc1CNC(=NC)NCCC(F)(F)F. The predicted octanol–water partition coefficient (Wildman–Crippen LogP) is 3.36. The number of rotatable bonds is 6. The van der Waals surface area contributed by atoms with Gasteiger partial charge in [-0.05, 0) is 19.1 Å². The van der Waals surface area contributed by atoms with E-state index in [4.69, 9.17) is 16.3 Å². The van der Waals surface area contributed by atoms with Crippen molar-refractivity contribution < 1.29 is 17.9 Å². The monoisotopic (exact) mass is 337 g/mol. The van der Waals surface area contributed by atoms with Crippen LogP contribution in [-0.4, -0.2) is 32.3 Å². The van der Waals surface area contributed by atoms with Crippen LogP contribution in [0.4, 0.5) is 13.2 Å². The Balaban J connectivity index is 2.56. The van der Waals surface area contributed by atoms with Crippen molar-refractivity contribution in [2.24, 2.45) is 4.99 Å². The zero-order valence-electron chi connectivity index (χ0n) is 12.4. The number of aliphatic imine (C=N–C) groups is 1. The van der Waals surface area contributed by atoms with Crippen molar-refractivity contribution in [1.29, 1.82) is 0 Å². The fourth-order valence-corrected chi connectivity index (χ4v) is 1.85. The normalized spacial score (nSPS) is 12.2. The number of guanidine groups is 1. The first-order chi connectivity index (χ1) is 10.4. The highest BCUT2D eigenvalue weighted by Gasteiger charge is 2.26. The van der Waals surface area contributed by atoms with E-state index < -0.39 is 12.6 Å². The number of nitrogens with one attached hydrogen (secondary N) is 2. The van der Waals surface area contributed by atoms with E-state index in [0.29, 0.717) is 29.9 Å². The van der Waals surface area contributed by atoms with Crippen LogP contribution in [0.25, 0.3) is 0 Å². The maximum atomic E-state index is 12.1. The molecule has 2 N–H and O–H groups in total. The molecule has 4 nitrogen and oxygen atoms in total. The summed E-state index contributed by atoms with van der Waals surface area (Å²) in [5.74, 6) is 0.926. The van der Waals surface area contributed by atoms with E-state index >= 15 is 0 Å². The molecule has 0 radical (unpaired) electrons. The molecule has 0 aromatic heterocycles. The Bertz CT molecular complexity index is 507. The first-order valence-corrected chi connectivity index (χ1v) is 7.16. The van der Waals surface area contributed by atoms with E-state index in [1.165, 1.54) is 7.05 Å². The Morgan fingerprint density at radius 1 is 1.32 bits per heavy atom. The molecule has 0 saturated heterocycles. The number of halogens is 4. The predicted molar refractivity (Wildman–Crippen MR) is 81.5 cm³/mol. The summed E-state index contributed by atoms with van der Waals surface area (Å²) in [5.41, 5.74) is 0.838. The van der Waals surface area contributed by atoms with Crippen LogP contribution in [0.1, 0.15) is 18.9 Å². The van der Waals surface area contributed by atoms with Crippen LogP contribution in [0.3, 0.4) is 0 Å². The van der Waals surface area contributed by atoms with Crippen molar-refractivity contribution in [2.45, 2.75) is 26.1 Å². The molecule has 0 heterocycles. The second-order valence-electron chi connectivity index (χ2n) is 4.40. The van der Waals surface area contributed by atoms with E-state index in [2.05, 4.69) is 15.6 Å². The lowest BCUT2D eigenvalue weighted by atomic mass is 10.2. The average molecular weight is 338 g/mol. The molecule has 0 aliphatic rings. The summed E-state index contributed by atoms with van der Waals surface area (Å²) in [6, 6.07) is 5.21. The zero-order chi connectivity index (χ0) is 16.6. The molecular weight excluding hydrogens is 319 g/mol. The molecule has 0 amide bonds. The molecule has 0 aliphatic heterocycles. The van der Waals surface area contributed by atoms with Crippen LogP contribution in [-0.2, 0) is 6.54 Å².